The van der Waals surface area contributed by atoms with Crippen molar-refractivity contribution in [2.45, 2.75) is 25.0 Å². The minimum Gasteiger partial charge on any atom is -0.465 e. The van der Waals surface area contributed by atoms with E-state index in [-0.39, 0.29) is 12.0 Å². The smallest absolute Gasteiger partial charge is 0.264 e. The molecule has 2 saturated heterocycles. The molecular weight excluding hydrogens is 586 g/mol. The third-order valence-electron chi connectivity index (χ3n) is 7.85. The quantitative estimate of drug-likeness (QED) is 0.269. The highest BCUT2D eigenvalue weighted by molar-refractivity contribution is 7.89. The Morgan fingerprint density at radius 2 is 1.53 bits per heavy atom. The van der Waals surface area contributed by atoms with Gasteiger partial charge in [0.25, 0.3) is 5.91 Å². The van der Waals surface area contributed by atoms with Gasteiger partial charge in [0.15, 0.2) is 0 Å². The van der Waals surface area contributed by atoms with E-state index in [0.29, 0.717) is 11.1 Å². The average Bonchev–Trinajstić information content (AvgIpc) is 3.03. The maximum Gasteiger partial charge on any atom is 0.264 e. The van der Waals surface area contributed by atoms with E-state index in [1.807, 2.05) is 48.5 Å². The molecule has 230 valence electrons. The van der Waals surface area contributed by atoms with Crippen LogP contribution in [0.2, 0.25) is 0 Å². The van der Waals surface area contributed by atoms with E-state index < -0.39 is 15.9 Å². The molecule has 2 heterocycles. The molecule has 0 spiro atoms. The average molecular weight is 622 g/mol. The summed E-state index contributed by atoms with van der Waals surface area (Å²) >= 11 is 0. The first-order chi connectivity index (χ1) is 21.9. The molecule has 0 aromatic heterocycles. The summed E-state index contributed by atoms with van der Waals surface area (Å²) in [4.78, 5) is 17.3. The molecule has 1 unspecified atom stereocenters. The second kappa shape index (κ2) is 14.0. The summed E-state index contributed by atoms with van der Waals surface area (Å²) in [5.41, 5.74) is 5.06. The molecule has 1 atom stereocenters. The zero-order chi connectivity index (χ0) is 31.1. The number of hydrogen-bond donors (Lipinski definition) is 1. The lowest BCUT2D eigenvalue weighted by Gasteiger charge is -2.36. The number of carbonyl (C=O) groups excluding carboxylic acids is 1. The Morgan fingerprint density at radius 1 is 0.844 bits per heavy atom. The maximum absolute atomic E-state index is 12.6. The van der Waals surface area contributed by atoms with E-state index in [4.69, 9.17) is 9.47 Å². The number of nitrogens with one attached hydrogen (secondary N) is 1. The number of piperazine rings is 1. The van der Waals surface area contributed by atoms with E-state index in [2.05, 4.69) is 44.6 Å². The fourth-order valence-corrected chi connectivity index (χ4v) is 6.36. The van der Waals surface area contributed by atoms with Gasteiger partial charge in [-0.15, -0.1) is 0 Å². The lowest BCUT2D eigenvalue weighted by Crippen LogP contribution is -2.46. The molecule has 45 heavy (non-hydrogen) atoms. The molecule has 8 nitrogen and oxygen atoms in total. The van der Waals surface area contributed by atoms with Crippen LogP contribution in [-0.2, 0) is 27.1 Å². The summed E-state index contributed by atoms with van der Waals surface area (Å²) in [5.74, 6) is 6.55. The van der Waals surface area contributed by atoms with Crippen LogP contribution in [0.3, 0.4) is 0 Å². The highest BCUT2D eigenvalue weighted by Crippen LogP contribution is 2.21. The van der Waals surface area contributed by atoms with Crippen LogP contribution < -0.4 is 14.4 Å². The van der Waals surface area contributed by atoms with Gasteiger partial charge in [0.2, 0.25) is 16.3 Å². The fourth-order valence-electron chi connectivity index (χ4n) is 5.25. The molecule has 0 bridgehead atoms. The Balaban J connectivity index is 1.00. The fraction of sp³-hybridized carbons (Fsp3) is 0.250. The Kier molecular flexibility index (Phi) is 9.46. The summed E-state index contributed by atoms with van der Waals surface area (Å²) < 4.78 is 38.2. The van der Waals surface area contributed by atoms with E-state index in [9.17, 15) is 13.2 Å². The van der Waals surface area contributed by atoms with E-state index in [1.54, 1.807) is 36.4 Å². The second-order valence-electron chi connectivity index (χ2n) is 11.1. The van der Waals surface area contributed by atoms with Crippen molar-refractivity contribution in [1.82, 2.24) is 9.62 Å². The van der Waals surface area contributed by atoms with Gasteiger partial charge >= 0.3 is 0 Å². The number of sulfonamides is 1. The Morgan fingerprint density at radius 3 is 2.22 bits per heavy atom. The first kappa shape index (κ1) is 30.4. The first-order valence-corrected chi connectivity index (χ1v) is 16.7. The Labute approximate surface area is 264 Å². The number of rotatable bonds is 9. The monoisotopic (exact) mass is 621 g/mol. The molecule has 6 rings (SSSR count). The van der Waals surface area contributed by atoms with Crippen molar-refractivity contribution < 1.29 is 22.7 Å². The molecule has 2 fully saturated rings. The van der Waals surface area contributed by atoms with Crippen molar-refractivity contribution >= 4 is 21.6 Å². The van der Waals surface area contributed by atoms with Crippen molar-refractivity contribution in [2.24, 2.45) is 0 Å². The highest BCUT2D eigenvalue weighted by Gasteiger charge is 2.21. The van der Waals surface area contributed by atoms with Gasteiger partial charge in [-0.25, -0.2) is 13.1 Å². The first-order valence-electron chi connectivity index (χ1n) is 15.0. The third-order valence-corrected chi connectivity index (χ3v) is 9.06. The van der Waals surface area contributed by atoms with E-state index in [0.717, 1.165) is 68.3 Å². The minimum absolute atomic E-state index is 0.131. The van der Waals surface area contributed by atoms with Gasteiger partial charge in [-0.05, 0) is 65.7 Å². The number of anilines is 1. The highest BCUT2D eigenvalue weighted by atomic mass is 32.2. The number of ether oxygens (including phenoxy) is 2. The van der Waals surface area contributed by atoms with E-state index >= 15 is 0 Å². The van der Waals surface area contributed by atoms with Crippen LogP contribution >= 0.6 is 0 Å². The molecule has 9 heteroatoms. The van der Waals surface area contributed by atoms with Gasteiger partial charge in [-0.3, -0.25) is 9.69 Å². The lowest BCUT2D eigenvalue weighted by molar-refractivity contribution is -0.165. The third kappa shape index (κ3) is 8.31. The van der Waals surface area contributed by atoms with Gasteiger partial charge in [-0.2, -0.15) is 0 Å². The summed E-state index contributed by atoms with van der Waals surface area (Å²) in [6.07, 6.45) is 0.792. The van der Waals surface area contributed by atoms with Gasteiger partial charge in [0.1, 0.15) is 5.75 Å². The summed E-state index contributed by atoms with van der Waals surface area (Å²) in [7, 11) is -3.80. The van der Waals surface area contributed by atoms with E-state index in [1.165, 1.54) is 5.56 Å². The second-order valence-corrected chi connectivity index (χ2v) is 12.8. The zero-order valence-corrected chi connectivity index (χ0v) is 25.7. The molecule has 0 radical (unpaired) electrons. The molecule has 1 N–H and O–H groups in total. The van der Waals surface area contributed by atoms with Crippen molar-refractivity contribution in [3.8, 4) is 17.6 Å². The van der Waals surface area contributed by atoms with Crippen molar-refractivity contribution in [1.29, 1.82) is 0 Å². The number of benzene rings is 4. The maximum atomic E-state index is 12.6. The SMILES string of the molecule is O=C(NS(=O)(=O)Cc1ccccc1)c1ccc(N2CCN(Cc3ccccc3C#Cc3ccc(OC4CCO4)cc3)CC2)cc1. The van der Waals surface area contributed by atoms with Crippen LogP contribution in [0, 0.1) is 11.8 Å². The van der Waals surface area contributed by atoms with Gasteiger partial charge in [0, 0.05) is 61.5 Å². The molecule has 0 aliphatic carbocycles. The lowest BCUT2D eigenvalue weighted by atomic mass is 10.1. The van der Waals surface area contributed by atoms with Crippen LogP contribution in [0.1, 0.15) is 39.0 Å². The number of nitrogens with zero attached hydrogens (tertiary/aromatic N) is 2. The summed E-state index contributed by atoms with van der Waals surface area (Å²) in [5, 5.41) is 0. The number of hydrogen-bond acceptors (Lipinski definition) is 7. The molecule has 4 aromatic carbocycles. The van der Waals surface area contributed by atoms with Crippen molar-refractivity contribution in [2.75, 3.05) is 37.7 Å². The van der Waals surface area contributed by atoms with Gasteiger partial charge in [0.05, 0.1) is 12.4 Å². The largest absolute Gasteiger partial charge is 0.465 e. The zero-order valence-electron chi connectivity index (χ0n) is 24.9. The Hall–Kier alpha value is -4.62. The molecule has 2 aliphatic rings. The number of amides is 1. The van der Waals surface area contributed by atoms with Crippen LogP contribution in [0.5, 0.6) is 5.75 Å². The standard InChI is InChI=1S/C36H35N3O5S/c40-36(37-45(41,42)27-29-6-2-1-3-7-29)31-14-16-33(17-15-31)39-23-21-38(22-24-39)26-32-9-5-4-8-30(32)13-10-28-11-18-34(19-12-28)44-35-20-25-43-35/h1-9,11-12,14-19,35H,20-27H2,(H,37,40). The number of carbonyl (C=O) groups is 1. The predicted octanol–water partition coefficient (Wildman–Crippen LogP) is 4.79. The van der Waals surface area contributed by atoms with Gasteiger partial charge in [-0.1, -0.05) is 60.4 Å². The van der Waals surface area contributed by atoms with Crippen molar-refractivity contribution in [3.63, 3.8) is 0 Å². The topological polar surface area (TPSA) is 88.2 Å². The Bertz CT molecular complexity index is 1770. The van der Waals surface area contributed by atoms with Crippen LogP contribution in [0.4, 0.5) is 5.69 Å². The van der Waals surface area contributed by atoms with Crippen molar-refractivity contribution in [3.05, 3.63) is 131 Å². The molecule has 0 saturated carbocycles. The molecule has 4 aromatic rings. The minimum atomic E-state index is -3.80. The molecule has 2 aliphatic heterocycles. The van der Waals surface area contributed by atoms with Crippen LogP contribution in [0.25, 0.3) is 0 Å². The summed E-state index contributed by atoms with van der Waals surface area (Å²) in [6.45, 7) is 5.01. The molecule has 1 amide bonds. The predicted molar refractivity (Wildman–Crippen MR) is 174 cm³/mol. The van der Waals surface area contributed by atoms with Crippen LogP contribution in [0.15, 0.2) is 103 Å². The van der Waals surface area contributed by atoms with Crippen LogP contribution in [-0.4, -0.2) is 58.3 Å². The normalized spacial score (nSPS) is 16.6. The summed E-state index contributed by atoms with van der Waals surface area (Å²) in [6, 6.07) is 31.9. The van der Waals surface area contributed by atoms with Gasteiger partial charge < -0.3 is 14.4 Å². The molecular formula is C36H35N3O5S.